The van der Waals surface area contributed by atoms with Gasteiger partial charge in [-0.05, 0) is 43.9 Å². The molecule has 2 heterocycles. The van der Waals surface area contributed by atoms with Crippen molar-refractivity contribution in [1.29, 1.82) is 0 Å². The van der Waals surface area contributed by atoms with Gasteiger partial charge in [-0.15, -0.1) is 0 Å². The molecule has 200 valence electrons. The zero-order valence-electron chi connectivity index (χ0n) is 20.4. The molecule has 3 N–H and O–H groups in total. The highest BCUT2D eigenvalue weighted by molar-refractivity contribution is 6.04. The Kier molecular flexibility index (Phi) is 7.20. The number of nitrogens with zero attached hydrogens (tertiary/aromatic N) is 2. The van der Waals surface area contributed by atoms with Gasteiger partial charge in [0.1, 0.15) is 11.6 Å². The molecule has 8 nitrogen and oxygen atoms in total. The molecule has 2 amide bonds. The zero-order valence-corrected chi connectivity index (χ0v) is 20.4. The van der Waals surface area contributed by atoms with Crippen LogP contribution in [0, 0.1) is 11.6 Å². The Balaban J connectivity index is 1.79. The second-order valence-corrected chi connectivity index (χ2v) is 9.83. The van der Waals surface area contributed by atoms with E-state index in [1.54, 1.807) is 11.8 Å². The molecule has 12 heteroatoms. The molecule has 1 unspecified atom stereocenters. The van der Waals surface area contributed by atoms with Crippen LogP contribution in [-0.2, 0) is 0 Å². The van der Waals surface area contributed by atoms with E-state index in [-0.39, 0.29) is 60.5 Å². The summed E-state index contributed by atoms with van der Waals surface area (Å²) in [5.74, 6) is -5.04. The van der Waals surface area contributed by atoms with Crippen LogP contribution in [0.2, 0.25) is 0 Å². The average Bonchev–Trinajstić information content (AvgIpc) is 3.19. The largest absolute Gasteiger partial charge is 0.480 e. The Morgan fingerprint density at radius 1 is 1.14 bits per heavy atom. The zero-order chi connectivity index (χ0) is 27.0. The molecule has 1 saturated heterocycles. The molecule has 1 aromatic heterocycles. The van der Waals surface area contributed by atoms with Gasteiger partial charge in [0.25, 0.3) is 5.91 Å². The number of alkyl halides is 2. The smallest absolute Gasteiger partial charge is 0.405 e. The number of methoxy groups -OCH3 is 1. The van der Waals surface area contributed by atoms with Crippen LogP contribution in [0.15, 0.2) is 24.4 Å². The molecule has 1 atom stereocenters. The molecule has 2 aliphatic rings. The molecular weight excluding hydrogens is 496 g/mol. The van der Waals surface area contributed by atoms with Gasteiger partial charge in [0.05, 0.1) is 29.5 Å². The van der Waals surface area contributed by atoms with Crippen LogP contribution >= 0.6 is 0 Å². The molecule has 0 bridgehead atoms. The van der Waals surface area contributed by atoms with Crippen LogP contribution < -0.4 is 20.3 Å². The third-order valence-corrected chi connectivity index (χ3v) is 6.86. The Morgan fingerprint density at radius 2 is 1.78 bits per heavy atom. The molecule has 0 spiro atoms. The van der Waals surface area contributed by atoms with Gasteiger partial charge >= 0.3 is 6.09 Å². The number of amides is 2. The van der Waals surface area contributed by atoms with Crippen molar-refractivity contribution in [3.63, 3.8) is 0 Å². The number of pyridine rings is 1. The first kappa shape index (κ1) is 26.5. The first-order chi connectivity index (χ1) is 17.4. The molecule has 4 rings (SSSR count). The van der Waals surface area contributed by atoms with E-state index in [0.717, 1.165) is 12.1 Å². The summed E-state index contributed by atoms with van der Waals surface area (Å²) in [5.41, 5.74) is -0.328. The Bertz CT molecular complexity index is 1180. The van der Waals surface area contributed by atoms with Gasteiger partial charge in [-0.2, -0.15) is 0 Å². The number of nitrogens with one attached hydrogen (secondary N) is 2. The second-order valence-electron chi connectivity index (χ2n) is 9.83. The highest BCUT2D eigenvalue weighted by atomic mass is 19.3. The number of hydrogen-bond acceptors (Lipinski definition) is 5. The summed E-state index contributed by atoms with van der Waals surface area (Å²) in [4.78, 5) is 30.7. The minimum Gasteiger partial charge on any atom is -0.480 e. The van der Waals surface area contributed by atoms with Crippen molar-refractivity contribution >= 4 is 17.7 Å². The molecule has 1 aliphatic carbocycles. The van der Waals surface area contributed by atoms with E-state index in [1.807, 2.05) is 0 Å². The lowest BCUT2D eigenvalue weighted by Crippen LogP contribution is -2.47. The van der Waals surface area contributed by atoms with E-state index < -0.39 is 41.1 Å². The van der Waals surface area contributed by atoms with Crippen LogP contribution in [0.3, 0.4) is 0 Å². The number of halogens is 4. The fourth-order valence-corrected chi connectivity index (χ4v) is 5.05. The van der Waals surface area contributed by atoms with Gasteiger partial charge in [0.15, 0.2) is 0 Å². The monoisotopic (exact) mass is 524 g/mol. The van der Waals surface area contributed by atoms with Crippen molar-refractivity contribution in [3.8, 4) is 17.0 Å². The van der Waals surface area contributed by atoms with Gasteiger partial charge < -0.3 is 25.4 Å². The quantitative estimate of drug-likeness (QED) is 0.478. The van der Waals surface area contributed by atoms with E-state index >= 15 is 0 Å². The van der Waals surface area contributed by atoms with Gasteiger partial charge in [0, 0.05) is 44.2 Å². The second kappa shape index (κ2) is 10.1. The van der Waals surface area contributed by atoms with Crippen LogP contribution in [0.4, 0.5) is 28.0 Å². The molecule has 1 aliphatic heterocycles. The molecular formula is C25H28F4N4O4. The van der Waals surface area contributed by atoms with Crippen molar-refractivity contribution < 1.29 is 37.0 Å². The summed E-state index contributed by atoms with van der Waals surface area (Å²) in [6.07, 6.45) is -0.0417. The lowest BCUT2D eigenvalue weighted by molar-refractivity contribution is -0.0399. The number of benzene rings is 1. The number of anilines is 1. The maximum atomic E-state index is 14.2. The molecule has 2 aromatic rings. The van der Waals surface area contributed by atoms with Gasteiger partial charge in [-0.1, -0.05) is 0 Å². The highest BCUT2D eigenvalue weighted by Gasteiger charge is 2.39. The summed E-state index contributed by atoms with van der Waals surface area (Å²) < 4.78 is 61.1. The third kappa shape index (κ3) is 5.89. The van der Waals surface area contributed by atoms with E-state index in [4.69, 9.17) is 4.74 Å². The lowest BCUT2D eigenvalue weighted by atomic mass is 9.92. The minimum absolute atomic E-state index is 0.00801. The van der Waals surface area contributed by atoms with Crippen LogP contribution in [-0.4, -0.2) is 59.8 Å². The SMILES string of the molecule is COc1ncc(C(=O)NC2CCC(F)(F)CC2)c(N2CCC(C)(NC(=O)O)C2)c1-c1cc(F)cc(F)c1. The van der Waals surface area contributed by atoms with Crippen molar-refractivity contribution in [2.75, 3.05) is 25.1 Å². The van der Waals surface area contributed by atoms with Crippen LogP contribution in [0.5, 0.6) is 5.88 Å². The maximum absolute atomic E-state index is 14.2. The Morgan fingerprint density at radius 3 is 2.38 bits per heavy atom. The van der Waals surface area contributed by atoms with E-state index in [2.05, 4.69) is 15.6 Å². The Labute approximate surface area is 211 Å². The maximum Gasteiger partial charge on any atom is 0.405 e. The summed E-state index contributed by atoms with van der Waals surface area (Å²) in [6, 6.07) is 2.40. The predicted octanol–water partition coefficient (Wildman–Crippen LogP) is 4.58. The van der Waals surface area contributed by atoms with E-state index in [1.165, 1.54) is 13.3 Å². The van der Waals surface area contributed by atoms with Crippen molar-refractivity contribution in [2.24, 2.45) is 0 Å². The van der Waals surface area contributed by atoms with E-state index in [9.17, 15) is 32.3 Å². The predicted molar refractivity (Wildman–Crippen MR) is 127 cm³/mol. The molecule has 1 aromatic carbocycles. The third-order valence-electron chi connectivity index (χ3n) is 6.86. The number of carbonyl (C=O) groups is 2. The lowest BCUT2D eigenvalue weighted by Gasteiger charge is -2.31. The van der Waals surface area contributed by atoms with Crippen LogP contribution in [0.1, 0.15) is 49.4 Å². The first-order valence-corrected chi connectivity index (χ1v) is 11.9. The number of aromatic nitrogens is 1. The number of rotatable bonds is 6. The Hall–Kier alpha value is -3.57. The van der Waals surface area contributed by atoms with E-state index in [0.29, 0.717) is 19.0 Å². The average molecular weight is 525 g/mol. The normalized spacial score (nSPS) is 21.5. The number of hydrogen-bond donors (Lipinski definition) is 3. The summed E-state index contributed by atoms with van der Waals surface area (Å²) in [5, 5.41) is 14.5. The van der Waals surface area contributed by atoms with Crippen LogP contribution in [0.25, 0.3) is 11.1 Å². The number of carboxylic acid groups (broad SMARTS) is 1. The first-order valence-electron chi connectivity index (χ1n) is 11.9. The molecule has 0 radical (unpaired) electrons. The van der Waals surface area contributed by atoms with Crippen molar-refractivity contribution in [1.82, 2.24) is 15.6 Å². The standard InChI is InChI=1S/C25H28F4N4O4/c1-24(32-23(35)36)7-8-33(13-24)20-18(21(34)31-17-3-5-25(28,29)6-4-17)12-30-22(37-2)19(20)14-9-15(26)11-16(27)10-14/h9-12,17,32H,3-8,13H2,1-2H3,(H,31,34)(H,35,36). The summed E-state index contributed by atoms with van der Waals surface area (Å²) >= 11 is 0. The van der Waals surface area contributed by atoms with Gasteiger partial charge in [-0.3, -0.25) is 4.79 Å². The fraction of sp³-hybridized carbons (Fsp3) is 0.480. The topological polar surface area (TPSA) is 104 Å². The summed E-state index contributed by atoms with van der Waals surface area (Å²) in [7, 11) is 1.33. The minimum atomic E-state index is -2.76. The van der Waals surface area contributed by atoms with Crippen molar-refractivity contribution in [3.05, 3.63) is 41.6 Å². The molecule has 37 heavy (non-hydrogen) atoms. The van der Waals surface area contributed by atoms with Gasteiger partial charge in [0.2, 0.25) is 11.8 Å². The summed E-state index contributed by atoms with van der Waals surface area (Å²) in [6.45, 7) is 2.17. The fourth-order valence-electron chi connectivity index (χ4n) is 5.05. The molecule has 1 saturated carbocycles. The number of carbonyl (C=O) groups excluding carboxylic acids is 1. The number of ether oxygens (including phenoxy) is 1. The van der Waals surface area contributed by atoms with Gasteiger partial charge in [-0.25, -0.2) is 27.3 Å². The molecule has 2 fully saturated rings. The highest BCUT2D eigenvalue weighted by Crippen LogP contribution is 2.43. The van der Waals surface area contributed by atoms with Crippen molar-refractivity contribution in [2.45, 2.75) is 56.5 Å².